The predicted octanol–water partition coefficient (Wildman–Crippen LogP) is -3.43. The molecule has 1 unspecified atom stereocenters. The van der Waals surface area contributed by atoms with Crippen molar-refractivity contribution in [3.8, 4) is 0 Å². The Balaban J connectivity index is 2.85. The van der Waals surface area contributed by atoms with Crippen molar-refractivity contribution in [2.45, 2.75) is 30.6 Å². The van der Waals surface area contributed by atoms with Gasteiger partial charge in [0.05, 0.1) is 12.6 Å². The van der Waals surface area contributed by atoms with E-state index in [9.17, 15) is 18.6 Å². The minimum atomic E-state index is -4.83. The highest BCUT2D eigenvalue weighted by Gasteiger charge is 2.45. The van der Waals surface area contributed by atoms with Crippen molar-refractivity contribution in [2.24, 2.45) is 5.73 Å². The van der Waals surface area contributed by atoms with E-state index in [4.69, 9.17) is 15.4 Å². The topological polar surface area (TPSA) is 160 Å². The van der Waals surface area contributed by atoms with Gasteiger partial charge in [0.25, 0.3) is 0 Å². The fraction of sp³-hybridized carbons (Fsp3) is 1.00. The molecule has 0 amide bonds. The summed E-state index contributed by atoms with van der Waals surface area (Å²) in [7, 11) is -4.83. The smallest absolute Gasteiger partial charge is 0.394 e. The maximum absolute atomic E-state index is 10.5. The summed E-state index contributed by atoms with van der Waals surface area (Å²) in [5.74, 6) is 0. The van der Waals surface area contributed by atoms with Gasteiger partial charge in [0.15, 0.2) is 6.29 Å². The summed E-state index contributed by atoms with van der Waals surface area (Å²) >= 11 is 0. The summed E-state index contributed by atoms with van der Waals surface area (Å²) in [5, 5.41) is 27.5. The van der Waals surface area contributed by atoms with Gasteiger partial charge < -0.3 is 25.8 Å². The molecule has 0 saturated carbocycles. The molecule has 0 spiro atoms. The summed E-state index contributed by atoms with van der Waals surface area (Å²) < 4.78 is 38.2. The second kappa shape index (κ2) is 4.89. The first-order valence-corrected chi connectivity index (χ1v) is 5.66. The van der Waals surface area contributed by atoms with E-state index in [1.807, 2.05) is 0 Å². The molecule has 0 aromatic carbocycles. The summed E-state index contributed by atoms with van der Waals surface area (Å²) in [6, 6.07) is -1.38. The first kappa shape index (κ1) is 13.7. The average molecular weight is 259 g/mol. The second-order valence-electron chi connectivity index (χ2n) is 3.30. The third-order valence-electron chi connectivity index (χ3n) is 2.15. The predicted molar refractivity (Wildman–Crippen MR) is 48.4 cm³/mol. The zero-order valence-electron chi connectivity index (χ0n) is 8.00. The molecular formula is C6H13NO8S. The summed E-state index contributed by atoms with van der Waals surface area (Å²) in [5.41, 5.74) is 5.32. The van der Waals surface area contributed by atoms with Gasteiger partial charge in [-0.3, -0.25) is 4.55 Å². The lowest BCUT2D eigenvalue weighted by Crippen LogP contribution is -2.63. The number of aliphatic hydroxyl groups excluding tert-OH is 3. The first-order valence-electron chi connectivity index (χ1n) is 4.30. The number of nitrogens with two attached hydrogens (primary N) is 1. The van der Waals surface area contributed by atoms with Crippen LogP contribution >= 0.6 is 0 Å². The van der Waals surface area contributed by atoms with Crippen molar-refractivity contribution in [3.63, 3.8) is 0 Å². The van der Waals surface area contributed by atoms with Crippen LogP contribution in [0.25, 0.3) is 0 Å². The van der Waals surface area contributed by atoms with Crippen LogP contribution in [-0.4, -0.2) is 65.5 Å². The average Bonchev–Trinajstić information content (AvgIpc) is 2.17. The maximum atomic E-state index is 10.5. The molecular weight excluding hydrogens is 246 g/mol. The van der Waals surface area contributed by atoms with Gasteiger partial charge >= 0.3 is 10.4 Å². The molecule has 0 bridgehead atoms. The van der Waals surface area contributed by atoms with Crippen molar-refractivity contribution in [1.29, 1.82) is 0 Å². The third-order valence-corrected chi connectivity index (χ3v) is 2.62. The number of aliphatic hydroxyl groups is 3. The van der Waals surface area contributed by atoms with Crippen LogP contribution in [0.5, 0.6) is 0 Å². The molecule has 0 radical (unpaired) electrons. The van der Waals surface area contributed by atoms with Crippen molar-refractivity contribution in [1.82, 2.24) is 0 Å². The number of hydrogen-bond donors (Lipinski definition) is 5. The Bertz CT molecular complexity index is 331. The molecule has 6 N–H and O–H groups in total. The van der Waals surface area contributed by atoms with E-state index in [1.165, 1.54) is 0 Å². The molecule has 1 rings (SSSR count). The Morgan fingerprint density at radius 2 is 1.94 bits per heavy atom. The number of ether oxygens (including phenoxy) is 1. The van der Waals surface area contributed by atoms with Gasteiger partial charge in [0.2, 0.25) is 0 Å². The van der Waals surface area contributed by atoms with Crippen LogP contribution in [0.15, 0.2) is 0 Å². The SMILES string of the molecule is N[C@H]1C(O)O[C@H](CO)[C@@H](O)[C@@H]1OS(=O)(=O)O. The van der Waals surface area contributed by atoms with E-state index in [0.29, 0.717) is 0 Å². The summed E-state index contributed by atoms with van der Waals surface area (Å²) in [6.45, 7) is -0.670. The second-order valence-corrected chi connectivity index (χ2v) is 4.35. The Hall–Kier alpha value is -0.330. The Morgan fingerprint density at radius 1 is 1.38 bits per heavy atom. The molecule has 0 aromatic heterocycles. The molecule has 10 heteroatoms. The molecule has 16 heavy (non-hydrogen) atoms. The van der Waals surface area contributed by atoms with Gasteiger partial charge in [-0.15, -0.1) is 0 Å². The van der Waals surface area contributed by atoms with Crippen LogP contribution in [0.2, 0.25) is 0 Å². The van der Waals surface area contributed by atoms with Crippen molar-refractivity contribution in [2.75, 3.05) is 6.61 Å². The molecule has 0 aromatic rings. The standard InChI is InChI=1S/C6H13NO8S/c7-3-5(15-16(11,12)13)4(9)2(1-8)14-6(3)10/h2-6,8-10H,1,7H2,(H,11,12,13)/t2-,3-,4-,5-,6?/m1/s1. The molecule has 1 heterocycles. The highest BCUT2D eigenvalue weighted by atomic mass is 32.3. The molecule has 9 nitrogen and oxygen atoms in total. The van der Waals surface area contributed by atoms with E-state index in [2.05, 4.69) is 8.92 Å². The lowest BCUT2D eigenvalue weighted by molar-refractivity contribution is -0.244. The third kappa shape index (κ3) is 3.09. The van der Waals surface area contributed by atoms with Gasteiger partial charge in [-0.2, -0.15) is 8.42 Å². The molecule has 1 fully saturated rings. The van der Waals surface area contributed by atoms with Crippen molar-refractivity contribution in [3.05, 3.63) is 0 Å². The molecule has 1 saturated heterocycles. The molecule has 1 aliphatic rings. The largest absolute Gasteiger partial charge is 0.397 e. The van der Waals surface area contributed by atoms with Gasteiger partial charge in [0.1, 0.15) is 18.3 Å². The van der Waals surface area contributed by atoms with Crippen LogP contribution in [0.1, 0.15) is 0 Å². The summed E-state index contributed by atoms with van der Waals surface area (Å²) in [6.07, 6.45) is -6.06. The Morgan fingerprint density at radius 3 is 2.38 bits per heavy atom. The van der Waals surface area contributed by atoms with Gasteiger partial charge in [0, 0.05) is 0 Å². The molecule has 1 aliphatic heterocycles. The van der Waals surface area contributed by atoms with Crippen LogP contribution in [0.3, 0.4) is 0 Å². The molecule has 0 aliphatic carbocycles. The molecule has 5 atom stereocenters. The fourth-order valence-corrected chi connectivity index (χ4v) is 1.89. The van der Waals surface area contributed by atoms with Crippen LogP contribution in [-0.2, 0) is 19.3 Å². The van der Waals surface area contributed by atoms with E-state index >= 15 is 0 Å². The van der Waals surface area contributed by atoms with E-state index in [0.717, 1.165) is 0 Å². The normalized spacial score (nSPS) is 40.9. The van der Waals surface area contributed by atoms with E-state index in [1.54, 1.807) is 0 Å². The zero-order chi connectivity index (χ0) is 12.5. The lowest BCUT2D eigenvalue weighted by Gasteiger charge is -2.39. The van der Waals surface area contributed by atoms with Gasteiger partial charge in [-0.25, -0.2) is 4.18 Å². The Kier molecular flexibility index (Phi) is 4.20. The minimum absolute atomic E-state index is 0.670. The van der Waals surface area contributed by atoms with Crippen LogP contribution < -0.4 is 5.73 Å². The van der Waals surface area contributed by atoms with E-state index in [-0.39, 0.29) is 0 Å². The van der Waals surface area contributed by atoms with Crippen LogP contribution in [0.4, 0.5) is 0 Å². The highest BCUT2D eigenvalue weighted by molar-refractivity contribution is 7.80. The van der Waals surface area contributed by atoms with E-state index < -0.39 is 47.6 Å². The molecule has 96 valence electrons. The highest BCUT2D eigenvalue weighted by Crippen LogP contribution is 2.21. The fourth-order valence-electron chi connectivity index (χ4n) is 1.36. The zero-order valence-corrected chi connectivity index (χ0v) is 8.82. The van der Waals surface area contributed by atoms with Gasteiger partial charge in [-0.1, -0.05) is 0 Å². The lowest BCUT2D eigenvalue weighted by atomic mass is 9.98. The van der Waals surface area contributed by atoms with Crippen LogP contribution in [0, 0.1) is 0 Å². The monoisotopic (exact) mass is 259 g/mol. The quantitative estimate of drug-likeness (QED) is 0.325. The minimum Gasteiger partial charge on any atom is -0.394 e. The van der Waals surface area contributed by atoms with Crippen molar-refractivity contribution >= 4 is 10.4 Å². The number of hydrogen-bond acceptors (Lipinski definition) is 8. The van der Waals surface area contributed by atoms with Gasteiger partial charge in [-0.05, 0) is 0 Å². The van der Waals surface area contributed by atoms with Crippen molar-refractivity contribution < 1.29 is 37.2 Å². The maximum Gasteiger partial charge on any atom is 0.397 e. The summed E-state index contributed by atoms with van der Waals surface area (Å²) in [4.78, 5) is 0. The first-order chi connectivity index (χ1) is 7.26. The number of rotatable bonds is 3. The Labute approximate surface area is 91.3 Å².